The van der Waals surface area contributed by atoms with Gasteiger partial charge in [0, 0.05) is 23.9 Å². The van der Waals surface area contributed by atoms with Gasteiger partial charge in [-0.05, 0) is 18.2 Å². The molecular formula is C13H12FN3S. The maximum atomic E-state index is 13.4. The lowest BCUT2D eigenvalue weighted by Gasteiger charge is -2.07. The molecule has 0 aliphatic carbocycles. The molecule has 0 atom stereocenters. The first-order chi connectivity index (χ1) is 8.66. The van der Waals surface area contributed by atoms with Crippen LogP contribution in [0.4, 0.5) is 10.2 Å². The summed E-state index contributed by atoms with van der Waals surface area (Å²) in [6.07, 6.45) is 1.59. The van der Waals surface area contributed by atoms with Crippen LogP contribution in [-0.4, -0.2) is 9.97 Å². The van der Waals surface area contributed by atoms with Crippen molar-refractivity contribution in [1.29, 1.82) is 0 Å². The highest BCUT2D eigenvalue weighted by atomic mass is 32.1. The van der Waals surface area contributed by atoms with Gasteiger partial charge in [-0.2, -0.15) is 0 Å². The molecule has 3 nitrogen and oxygen atoms in total. The highest BCUT2D eigenvalue weighted by Crippen LogP contribution is 2.10. The lowest BCUT2D eigenvalue weighted by Crippen LogP contribution is -2.10. The molecular weight excluding hydrogens is 249 g/mol. The molecule has 92 valence electrons. The zero-order valence-electron chi connectivity index (χ0n) is 9.56. The number of aromatic nitrogens is 1. The molecule has 0 aliphatic heterocycles. The fraction of sp³-hybridized carbons (Fsp3) is 0.0769. The van der Waals surface area contributed by atoms with E-state index in [1.54, 1.807) is 36.5 Å². The van der Waals surface area contributed by atoms with Gasteiger partial charge in [0.25, 0.3) is 0 Å². The molecule has 0 saturated heterocycles. The molecule has 0 bridgehead atoms. The lowest BCUT2D eigenvalue weighted by molar-refractivity contribution is 0.613. The number of nitrogens with zero attached hydrogens (tertiary/aromatic N) is 1. The monoisotopic (exact) mass is 261 g/mol. The summed E-state index contributed by atoms with van der Waals surface area (Å²) in [5.41, 5.74) is 6.77. The van der Waals surface area contributed by atoms with Crippen LogP contribution in [0.1, 0.15) is 11.1 Å². The largest absolute Gasteiger partial charge is 0.389 e. The third-order valence-corrected chi connectivity index (χ3v) is 2.70. The van der Waals surface area contributed by atoms with Gasteiger partial charge in [0.05, 0.1) is 0 Å². The molecule has 1 heterocycles. The third-order valence-electron chi connectivity index (χ3n) is 2.47. The van der Waals surface area contributed by atoms with E-state index in [1.807, 2.05) is 0 Å². The summed E-state index contributed by atoms with van der Waals surface area (Å²) in [4.78, 5) is 4.45. The maximum Gasteiger partial charge on any atom is 0.128 e. The predicted octanol–water partition coefficient (Wildman–Crippen LogP) is 2.47. The smallest absolute Gasteiger partial charge is 0.128 e. The molecule has 2 rings (SSSR count). The second kappa shape index (κ2) is 5.55. The Kier molecular flexibility index (Phi) is 3.84. The number of benzene rings is 1. The predicted molar refractivity (Wildman–Crippen MR) is 73.9 cm³/mol. The van der Waals surface area contributed by atoms with E-state index in [4.69, 9.17) is 18.0 Å². The minimum absolute atomic E-state index is 0.232. The van der Waals surface area contributed by atoms with Crippen molar-refractivity contribution < 1.29 is 4.39 Å². The Morgan fingerprint density at radius 2 is 2.06 bits per heavy atom. The van der Waals surface area contributed by atoms with Crippen LogP contribution in [0.5, 0.6) is 0 Å². The highest BCUT2D eigenvalue weighted by molar-refractivity contribution is 7.80. The van der Waals surface area contributed by atoms with E-state index in [-0.39, 0.29) is 5.82 Å². The van der Waals surface area contributed by atoms with Crippen molar-refractivity contribution in [3.63, 3.8) is 0 Å². The lowest BCUT2D eigenvalue weighted by atomic mass is 10.2. The van der Waals surface area contributed by atoms with Crippen LogP contribution in [0.3, 0.4) is 0 Å². The van der Waals surface area contributed by atoms with E-state index in [1.165, 1.54) is 6.07 Å². The second-order valence-electron chi connectivity index (χ2n) is 3.74. The van der Waals surface area contributed by atoms with Crippen LogP contribution < -0.4 is 11.1 Å². The number of halogens is 1. The summed E-state index contributed by atoms with van der Waals surface area (Å²) in [6, 6.07) is 10.2. The number of thiocarbonyl (C=S) groups is 1. The average molecular weight is 261 g/mol. The van der Waals surface area contributed by atoms with Crippen molar-refractivity contribution in [2.24, 2.45) is 5.73 Å². The number of hydrogen-bond acceptors (Lipinski definition) is 3. The first kappa shape index (κ1) is 12.4. The Labute approximate surface area is 110 Å². The molecule has 0 unspecified atom stereocenters. The van der Waals surface area contributed by atoms with Gasteiger partial charge >= 0.3 is 0 Å². The standard InChI is InChI=1S/C13H12FN3S/c14-11-4-2-1-3-9(11)7-16-12-6-5-10(8-17-12)13(15)18/h1-6,8H,7H2,(H2,15,18)(H,16,17). The SMILES string of the molecule is NC(=S)c1ccc(NCc2ccccc2F)nc1. The molecule has 5 heteroatoms. The van der Waals surface area contributed by atoms with E-state index >= 15 is 0 Å². The first-order valence-electron chi connectivity index (χ1n) is 5.40. The Balaban J connectivity index is 2.02. The van der Waals surface area contributed by atoms with Crippen LogP contribution >= 0.6 is 12.2 Å². The molecule has 0 radical (unpaired) electrons. The van der Waals surface area contributed by atoms with Gasteiger partial charge in [0.15, 0.2) is 0 Å². The highest BCUT2D eigenvalue weighted by Gasteiger charge is 2.01. The van der Waals surface area contributed by atoms with Crippen molar-refractivity contribution in [3.8, 4) is 0 Å². The molecule has 3 N–H and O–H groups in total. The Morgan fingerprint density at radius 3 is 2.67 bits per heavy atom. The van der Waals surface area contributed by atoms with Gasteiger partial charge in [0.1, 0.15) is 16.6 Å². The van der Waals surface area contributed by atoms with Gasteiger partial charge in [-0.15, -0.1) is 0 Å². The maximum absolute atomic E-state index is 13.4. The molecule has 0 fully saturated rings. The zero-order chi connectivity index (χ0) is 13.0. The molecule has 1 aromatic carbocycles. The van der Waals surface area contributed by atoms with Crippen LogP contribution in [-0.2, 0) is 6.54 Å². The number of pyridine rings is 1. The first-order valence-corrected chi connectivity index (χ1v) is 5.81. The van der Waals surface area contributed by atoms with Gasteiger partial charge < -0.3 is 11.1 Å². The van der Waals surface area contributed by atoms with Crippen molar-refractivity contribution in [1.82, 2.24) is 4.98 Å². The van der Waals surface area contributed by atoms with E-state index in [2.05, 4.69) is 10.3 Å². The quantitative estimate of drug-likeness (QED) is 0.830. The summed E-state index contributed by atoms with van der Waals surface area (Å²) in [5, 5.41) is 3.03. The number of hydrogen-bond donors (Lipinski definition) is 2. The van der Waals surface area contributed by atoms with E-state index in [0.29, 0.717) is 28.5 Å². The molecule has 2 aromatic rings. The van der Waals surface area contributed by atoms with E-state index < -0.39 is 0 Å². The van der Waals surface area contributed by atoms with Crippen LogP contribution in [0.2, 0.25) is 0 Å². The topological polar surface area (TPSA) is 50.9 Å². The minimum Gasteiger partial charge on any atom is -0.389 e. The molecule has 1 aromatic heterocycles. The van der Waals surface area contributed by atoms with Crippen LogP contribution in [0, 0.1) is 5.82 Å². The van der Waals surface area contributed by atoms with E-state index in [9.17, 15) is 4.39 Å². The summed E-state index contributed by atoms with van der Waals surface area (Å²) < 4.78 is 13.4. The Hall–Kier alpha value is -2.01. The molecule has 0 spiro atoms. The van der Waals surface area contributed by atoms with Crippen molar-refractivity contribution in [2.45, 2.75) is 6.54 Å². The third kappa shape index (κ3) is 3.01. The van der Waals surface area contributed by atoms with Gasteiger partial charge in [0.2, 0.25) is 0 Å². The normalized spacial score (nSPS) is 10.1. The summed E-state index contributed by atoms with van der Waals surface area (Å²) >= 11 is 4.83. The summed E-state index contributed by atoms with van der Waals surface area (Å²) in [6.45, 7) is 0.381. The molecule has 0 saturated carbocycles. The molecule has 0 aliphatic rings. The van der Waals surface area contributed by atoms with Gasteiger partial charge in [-0.1, -0.05) is 30.4 Å². The number of anilines is 1. The number of nitrogens with two attached hydrogens (primary N) is 1. The van der Waals surface area contributed by atoms with Gasteiger partial charge in [-0.3, -0.25) is 0 Å². The van der Waals surface area contributed by atoms with Crippen molar-refractivity contribution >= 4 is 23.0 Å². The molecule has 18 heavy (non-hydrogen) atoms. The van der Waals surface area contributed by atoms with Crippen molar-refractivity contribution in [2.75, 3.05) is 5.32 Å². The number of rotatable bonds is 4. The fourth-order valence-corrected chi connectivity index (χ4v) is 1.59. The summed E-state index contributed by atoms with van der Waals surface area (Å²) in [5.74, 6) is 0.419. The van der Waals surface area contributed by atoms with Crippen LogP contribution in [0.15, 0.2) is 42.6 Å². The Bertz CT molecular complexity index is 554. The summed E-state index contributed by atoms with van der Waals surface area (Å²) in [7, 11) is 0. The van der Waals surface area contributed by atoms with E-state index in [0.717, 1.165) is 0 Å². The number of nitrogens with one attached hydrogen (secondary N) is 1. The second-order valence-corrected chi connectivity index (χ2v) is 4.18. The Morgan fingerprint density at radius 1 is 1.28 bits per heavy atom. The minimum atomic E-state index is -0.232. The zero-order valence-corrected chi connectivity index (χ0v) is 10.4. The van der Waals surface area contributed by atoms with Gasteiger partial charge in [-0.25, -0.2) is 9.37 Å². The van der Waals surface area contributed by atoms with Crippen LogP contribution in [0.25, 0.3) is 0 Å². The molecule has 0 amide bonds. The average Bonchev–Trinajstić information content (AvgIpc) is 2.38. The van der Waals surface area contributed by atoms with Crippen molar-refractivity contribution in [3.05, 3.63) is 59.5 Å². The fourth-order valence-electron chi connectivity index (χ4n) is 1.47.